The number of carbonyl (C=O) groups excluding carboxylic acids is 1. The predicted molar refractivity (Wildman–Crippen MR) is 52.0 cm³/mol. The number of ketones is 1. The summed E-state index contributed by atoms with van der Waals surface area (Å²) >= 11 is 0. The Hall–Kier alpha value is -1.05. The minimum absolute atomic E-state index is 0.285. The lowest BCUT2D eigenvalue weighted by molar-refractivity contribution is -0.121. The Morgan fingerprint density at radius 3 is 2.79 bits per heavy atom. The average molecular weight is 190 g/mol. The van der Waals surface area contributed by atoms with Gasteiger partial charge >= 0.3 is 0 Å². The van der Waals surface area contributed by atoms with Gasteiger partial charge in [-0.05, 0) is 38.3 Å². The zero-order valence-electron chi connectivity index (χ0n) is 8.32. The monoisotopic (exact) mass is 190 g/mol. The van der Waals surface area contributed by atoms with Gasteiger partial charge in [-0.2, -0.15) is 0 Å². The average Bonchev–Trinajstić information content (AvgIpc) is 3.06. The summed E-state index contributed by atoms with van der Waals surface area (Å²) in [6.45, 7) is 1.95. The summed E-state index contributed by atoms with van der Waals surface area (Å²) < 4.78 is 5.54. The first kappa shape index (κ1) is 8.27. The van der Waals surface area contributed by atoms with Crippen LogP contribution in [-0.2, 0) is 4.79 Å². The lowest BCUT2D eigenvalue weighted by Crippen LogP contribution is -2.03. The highest BCUT2D eigenvalue weighted by atomic mass is 16.3. The Bertz CT molecular complexity index is 373. The second-order valence-corrected chi connectivity index (χ2v) is 4.57. The van der Waals surface area contributed by atoms with E-state index in [2.05, 4.69) is 0 Å². The molecule has 1 heterocycles. The lowest BCUT2D eigenvalue weighted by Gasteiger charge is -1.94. The van der Waals surface area contributed by atoms with E-state index in [1.54, 1.807) is 0 Å². The van der Waals surface area contributed by atoms with E-state index in [0.717, 1.165) is 30.8 Å². The van der Waals surface area contributed by atoms with Crippen LogP contribution in [0, 0.1) is 18.8 Å². The first-order chi connectivity index (χ1) is 6.75. The molecule has 3 rings (SSSR count). The summed E-state index contributed by atoms with van der Waals surface area (Å²) in [4.78, 5) is 11.7. The van der Waals surface area contributed by atoms with Gasteiger partial charge in [0.25, 0.3) is 0 Å². The van der Waals surface area contributed by atoms with Crippen molar-refractivity contribution >= 4 is 5.78 Å². The normalized spacial score (nSPS) is 30.4. The van der Waals surface area contributed by atoms with Crippen LogP contribution in [0.5, 0.6) is 0 Å². The Kier molecular flexibility index (Phi) is 1.61. The van der Waals surface area contributed by atoms with E-state index in [1.807, 2.05) is 19.1 Å². The van der Waals surface area contributed by atoms with Crippen LogP contribution in [0.4, 0.5) is 0 Å². The van der Waals surface area contributed by atoms with Crippen LogP contribution in [0.2, 0.25) is 0 Å². The zero-order chi connectivity index (χ0) is 9.71. The van der Waals surface area contributed by atoms with Gasteiger partial charge in [-0.15, -0.1) is 0 Å². The standard InChI is InChI=1S/C12H14O2/c1-7-2-5-11(14-7)9-6-10(9)12(13)8-3-4-8/h2,5,8-10H,3-4,6H2,1H3. The van der Waals surface area contributed by atoms with Gasteiger partial charge in [-0.1, -0.05) is 0 Å². The van der Waals surface area contributed by atoms with Gasteiger partial charge in [0.2, 0.25) is 0 Å². The van der Waals surface area contributed by atoms with E-state index in [4.69, 9.17) is 4.42 Å². The first-order valence-electron chi connectivity index (χ1n) is 5.36. The Labute approximate surface area is 83.3 Å². The minimum Gasteiger partial charge on any atom is -0.466 e. The van der Waals surface area contributed by atoms with Crippen molar-refractivity contribution in [1.82, 2.24) is 0 Å². The molecule has 2 saturated carbocycles. The molecule has 2 nitrogen and oxygen atoms in total. The van der Waals surface area contributed by atoms with Crippen molar-refractivity contribution in [2.75, 3.05) is 0 Å². The molecule has 1 aromatic rings. The molecule has 0 spiro atoms. The van der Waals surface area contributed by atoms with Gasteiger partial charge in [0.05, 0.1) is 0 Å². The molecule has 2 heteroatoms. The molecule has 74 valence electrons. The molecule has 0 N–H and O–H groups in total. The second-order valence-electron chi connectivity index (χ2n) is 4.57. The van der Waals surface area contributed by atoms with Gasteiger partial charge in [-0.25, -0.2) is 0 Å². The van der Waals surface area contributed by atoms with Crippen molar-refractivity contribution in [2.24, 2.45) is 11.8 Å². The van der Waals surface area contributed by atoms with Crippen molar-refractivity contribution < 1.29 is 9.21 Å². The van der Waals surface area contributed by atoms with Gasteiger partial charge < -0.3 is 4.42 Å². The molecule has 0 aliphatic heterocycles. The summed E-state index contributed by atoms with van der Waals surface area (Å²) in [6, 6.07) is 3.99. The van der Waals surface area contributed by atoms with E-state index < -0.39 is 0 Å². The van der Waals surface area contributed by atoms with E-state index in [9.17, 15) is 4.79 Å². The minimum atomic E-state index is 0.285. The molecule has 0 amide bonds. The maximum Gasteiger partial charge on any atom is 0.139 e. The molecule has 2 unspecified atom stereocenters. The van der Waals surface area contributed by atoms with Crippen molar-refractivity contribution in [3.05, 3.63) is 23.7 Å². The Balaban J connectivity index is 1.70. The number of furan rings is 1. The Morgan fingerprint density at radius 2 is 2.21 bits per heavy atom. The molecule has 14 heavy (non-hydrogen) atoms. The largest absolute Gasteiger partial charge is 0.466 e. The number of Topliss-reactive ketones (excluding diaryl/α,β-unsaturated/α-hetero) is 1. The molecular weight excluding hydrogens is 176 g/mol. The van der Waals surface area contributed by atoms with Gasteiger partial charge in [0, 0.05) is 17.8 Å². The number of hydrogen-bond acceptors (Lipinski definition) is 2. The first-order valence-corrected chi connectivity index (χ1v) is 5.36. The summed E-state index contributed by atoms with van der Waals surface area (Å²) in [6.07, 6.45) is 3.26. The molecule has 2 fully saturated rings. The van der Waals surface area contributed by atoms with E-state index >= 15 is 0 Å². The quantitative estimate of drug-likeness (QED) is 0.733. The highest BCUT2D eigenvalue weighted by molar-refractivity contribution is 5.88. The Morgan fingerprint density at radius 1 is 1.43 bits per heavy atom. The fraction of sp³-hybridized carbons (Fsp3) is 0.583. The van der Waals surface area contributed by atoms with Gasteiger partial charge in [0.15, 0.2) is 0 Å². The molecular formula is C12H14O2. The highest BCUT2D eigenvalue weighted by Gasteiger charge is 2.49. The number of carbonyl (C=O) groups is 1. The van der Waals surface area contributed by atoms with E-state index in [-0.39, 0.29) is 5.92 Å². The number of aryl methyl sites for hydroxylation is 1. The third kappa shape index (κ3) is 1.29. The molecule has 2 atom stereocenters. The van der Waals surface area contributed by atoms with Crippen LogP contribution in [0.1, 0.15) is 36.7 Å². The van der Waals surface area contributed by atoms with E-state index in [1.165, 1.54) is 0 Å². The topological polar surface area (TPSA) is 30.2 Å². The summed E-state index contributed by atoms with van der Waals surface area (Å²) in [5.74, 6) is 3.54. The SMILES string of the molecule is Cc1ccc(C2CC2C(=O)C2CC2)o1. The van der Waals surface area contributed by atoms with Gasteiger partial charge in [-0.3, -0.25) is 4.79 Å². The molecule has 0 aromatic carbocycles. The van der Waals surface area contributed by atoms with Crippen LogP contribution in [-0.4, -0.2) is 5.78 Å². The lowest BCUT2D eigenvalue weighted by atomic mass is 10.1. The molecule has 0 bridgehead atoms. The maximum atomic E-state index is 11.7. The van der Waals surface area contributed by atoms with E-state index in [0.29, 0.717) is 17.6 Å². The number of hydrogen-bond donors (Lipinski definition) is 0. The second kappa shape index (κ2) is 2.72. The van der Waals surface area contributed by atoms with Crippen molar-refractivity contribution in [1.29, 1.82) is 0 Å². The van der Waals surface area contributed by atoms with Crippen LogP contribution in [0.25, 0.3) is 0 Å². The fourth-order valence-electron chi connectivity index (χ4n) is 2.15. The van der Waals surface area contributed by atoms with Crippen molar-refractivity contribution in [3.8, 4) is 0 Å². The molecule has 1 aromatic heterocycles. The van der Waals surface area contributed by atoms with Crippen molar-refractivity contribution in [2.45, 2.75) is 32.1 Å². The fourth-order valence-corrected chi connectivity index (χ4v) is 2.15. The van der Waals surface area contributed by atoms with Crippen LogP contribution < -0.4 is 0 Å². The molecule has 0 radical (unpaired) electrons. The third-order valence-electron chi connectivity index (χ3n) is 3.26. The van der Waals surface area contributed by atoms with Crippen molar-refractivity contribution in [3.63, 3.8) is 0 Å². The smallest absolute Gasteiger partial charge is 0.139 e. The third-order valence-corrected chi connectivity index (χ3v) is 3.26. The highest BCUT2D eigenvalue weighted by Crippen LogP contribution is 2.52. The van der Waals surface area contributed by atoms with Crippen LogP contribution in [0.3, 0.4) is 0 Å². The predicted octanol–water partition coefficient (Wildman–Crippen LogP) is 2.67. The zero-order valence-corrected chi connectivity index (χ0v) is 8.32. The molecule has 2 aliphatic rings. The van der Waals surface area contributed by atoms with Gasteiger partial charge in [0.1, 0.15) is 17.3 Å². The van der Waals surface area contributed by atoms with Crippen LogP contribution in [0.15, 0.2) is 16.5 Å². The molecule has 2 aliphatic carbocycles. The summed E-state index contributed by atoms with van der Waals surface area (Å²) in [7, 11) is 0. The maximum absolute atomic E-state index is 11.7. The van der Waals surface area contributed by atoms with Crippen LogP contribution >= 0.6 is 0 Å². The number of rotatable bonds is 3. The summed E-state index contributed by atoms with van der Waals surface area (Å²) in [5.41, 5.74) is 0. The molecule has 0 saturated heterocycles. The summed E-state index contributed by atoms with van der Waals surface area (Å²) in [5, 5.41) is 0.